The van der Waals surface area contributed by atoms with Gasteiger partial charge in [-0.25, -0.2) is 0 Å². The fourth-order valence-corrected chi connectivity index (χ4v) is 3.25. The number of carbonyl (C=O) groups is 2. The van der Waals surface area contributed by atoms with Gasteiger partial charge in [-0.2, -0.15) is 15.5 Å². The van der Waals surface area contributed by atoms with Crippen molar-refractivity contribution in [2.24, 2.45) is 27.5 Å². The molecule has 0 saturated heterocycles. The number of nitrogens with zero attached hydrogens (tertiary/aromatic N) is 3. The zero-order valence-corrected chi connectivity index (χ0v) is 12.1. The van der Waals surface area contributed by atoms with Crippen molar-refractivity contribution in [1.82, 2.24) is 0 Å². The second-order valence-electron chi connectivity index (χ2n) is 4.95. The molecule has 1 aromatic carbocycles. The largest absolute Gasteiger partial charge is 0.386 e. The predicted molar refractivity (Wildman–Crippen MR) is 74.7 cm³/mol. The van der Waals surface area contributed by atoms with Crippen molar-refractivity contribution in [1.29, 1.82) is 10.5 Å². The maximum Gasteiger partial charge on any atom is 0.270 e. The lowest BCUT2D eigenvalue weighted by Gasteiger charge is -2.05. The zero-order valence-electron chi connectivity index (χ0n) is 10.5. The molecule has 102 valence electrons. The van der Waals surface area contributed by atoms with E-state index in [2.05, 4.69) is 20.9 Å². The molecular weight excluding hydrogens is 336 g/mol. The predicted octanol–water partition coefficient (Wildman–Crippen LogP) is 1.18. The van der Waals surface area contributed by atoms with Gasteiger partial charge in [0.05, 0.1) is 18.1 Å². The molecule has 7 heteroatoms. The van der Waals surface area contributed by atoms with Crippen LogP contribution < -0.4 is 5.73 Å². The minimum atomic E-state index is -1.77. The van der Waals surface area contributed by atoms with Crippen LogP contribution in [0.5, 0.6) is 0 Å². The van der Waals surface area contributed by atoms with Gasteiger partial charge in [0.25, 0.3) is 5.91 Å². The van der Waals surface area contributed by atoms with Gasteiger partial charge in [0.15, 0.2) is 16.6 Å². The van der Waals surface area contributed by atoms with Gasteiger partial charge in [-0.05, 0) is 12.1 Å². The molecule has 0 radical (unpaired) electrons. The van der Waals surface area contributed by atoms with E-state index in [1.807, 2.05) is 6.07 Å². The molecule has 1 saturated carbocycles. The van der Waals surface area contributed by atoms with Crippen molar-refractivity contribution in [3.05, 3.63) is 34.3 Å². The van der Waals surface area contributed by atoms with Gasteiger partial charge in [-0.15, -0.1) is 0 Å². The van der Waals surface area contributed by atoms with Gasteiger partial charge < -0.3 is 5.73 Å². The molecular formula is C14H7BrN4O2. The van der Waals surface area contributed by atoms with E-state index in [0.29, 0.717) is 5.56 Å². The zero-order chi connectivity index (χ0) is 15.4. The molecule has 1 aliphatic carbocycles. The molecule has 3 rings (SSSR count). The summed E-state index contributed by atoms with van der Waals surface area (Å²) in [7, 11) is 0. The van der Waals surface area contributed by atoms with Gasteiger partial charge in [0.2, 0.25) is 0 Å². The number of nitriles is 2. The van der Waals surface area contributed by atoms with E-state index < -0.39 is 28.4 Å². The molecule has 21 heavy (non-hydrogen) atoms. The van der Waals surface area contributed by atoms with Gasteiger partial charge in [-0.1, -0.05) is 28.1 Å². The van der Waals surface area contributed by atoms with E-state index in [9.17, 15) is 20.1 Å². The first-order chi connectivity index (χ1) is 9.95. The highest BCUT2D eigenvalue weighted by atomic mass is 79.9. The molecule has 1 aromatic rings. The van der Waals surface area contributed by atoms with Crippen LogP contribution in [0.3, 0.4) is 0 Å². The van der Waals surface area contributed by atoms with E-state index in [1.165, 1.54) is 0 Å². The van der Waals surface area contributed by atoms with Crippen LogP contribution in [0.25, 0.3) is 0 Å². The van der Waals surface area contributed by atoms with Gasteiger partial charge in [0, 0.05) is 10.0 Å². The first-order valence-electron chi connectivity index (χ1n) is 5.97. The first-order valence-corrected chi connectivity index (χ1v) is 6.76. The number of amides is 1. The highest BCUT2D eigenvalue weighted by Gasteiger charge is 2.90. The molecule has 1 fully saturated rings. The minimum absolute atomic E-state index is 0.244. The number of fused-ring (bicyclic) bond motifs is 1. The molecule has 0 bridgehead atoms. The lowest BCUT2D eigenvalue weighted by atomic mass is 9.97. The SMILES string of the molecule is N#C[C@@]12C(=O)N=C(N)[C@]1(C#N)[C@H]2C(=O)c1ccc(Br)cc1. The van der Waals surface area contributed by atoms with Crippen LogP contribution in [0.1, 0.15) is 10.4 Å². The number of halogens is 1. The quantitative estimate of drug-likeness (QED) is 0.809. The number of benzene rings is 1. The Morgan fingerprint density at radius 2 is 1.81 bits per heavy atom. The summed E-state index contributed by atoms with van der Waals surface area (Å²) in [6, 6.07) is 10.1. The van der Waals surface area contributed by atoms with E-state index in [4.69, 9.17) is 5.73 Å². The summed E-state index contributed by atoms with van der Waals surface area (Å²) in [4.78, 5) is 28.0. The summed E-state index contributed by atoms with van der Waals surface area (Å²) >= 11 is 3.25. The number of hydrogen-bond donors (Lipinski definition) is 1. The Bertz CT molecular complexity index is 802. The van der Waals surface area contributed by atoms with Gasteiger partial charge >= 0.3 is 0 Å². The molecule has 0 unspecified atom stereocenters. The second-order valence-corrected chi connectivity index (χ2v) is 5.86. The topological polar surface area (TPSA) is 120 Å². The average Bonchev–Trinajstić information content (AvgIpc) is 3.05. The van der Waals surface area contributed by atoms with Crippen LogP contribution in [-0.4, -0.2) is 17.5 Å². The van der Waals surface area contributed by atoms with Crippen LogP contribution in [0.4, 0.5) is 0 Å². The molecule has 1 aliphatic heterocycles. The first kappa shape index (κ1) is 13.5. The number of aliphatic imine (C=N–C) groups is 1. The van der Waals surface area contributed by atoms with Gasteiger partial charge in [0.1, 0.15) is 5.84 Å². The van der Waals surface area contributed by atoms with Gasteiger partial charge in [-0.3, -0.25) is 9.59 Å². The molecule has 1 heterocycles. The number of nitrogens with two attached hydrogens (primary N) is 1. The Morgan fingerprint density at radius 3 is 2.29 bits per heavy atom. The molecule has 0 spiro atoms. The highest BCUT2D eigenvalue weighted by molar-refractivity contribution is 9.10. The number of carbonyl (C=O) groups excluding carboxylic acids is 2. The van der Waals surface area contributed by atoms with Crippen LogP contribution in [0.2, 0.25) is 0 Å². The fraction of sp³-hybridized carbons (Fsp3) is 0.214. The number of amidine groups is 1. The maximum atomic E-state index is 12.6. The van der Waals surface area contributed by atoms with E-state index in [0.717, 1.165) is 4.47 Å². The molecule has 0 aromatic heterocycles. The van der Waals surface area contributed by atoms with Crippen molar-refractivity contribution >= 4 is 33.5 Å². The summed E-state index contributed by atoms with van der Waals surface area (Å²) in [5, 5.41) is 18.7. The standard InChI is InChI=1S/C14H7BrN4O2/c15-8-3-1-7(2-4-8)9(20)10-13(5-16)11(18)19-12(21)14(10,13)6-17/h1-4,10H,(H2,18,19,21)/t10-,13+,14-/m1/s1. The van der Waals surface area contributed by atoms with Crippen LogP contribution in [0.15, 0.2) is 33.7 Å². The van der Waals surface area contributed by atoms with Crippen LogP contribution in [0, 0.1) is 39.4 Å². The third-order valence-electron chi connectivity index (χ3n) is 4.11. The lowest BCUT2D eigenvalue weighted by Crippen LogP contribution is -2.27. The molecule has 6 nitrogen and oxygen atoms in total. The summed E-state index contributed by atoms with van der Waals surface area (Å²) in [5.41, 5.74) is 2.57. The van der Waals surface area contributed by atoms with Crippen molar-refractivity contribution < 1.29 is 9.59 Å². The van der Waals surface area contributed by atoms with Crippen molar-refractivity contribution in [2.45, 2.75) is 0 Å². The smallest absolute Gasteiger partial charge is 0.270 e. The Hall–Kier alpha value is -2.51. The number of rotatable bonds is 2. The Balaban J connectivity index is 2.10. The maximum absolute atomic E-state index is 12.6. The summed E-state index contributed by atoms with van der Waals surface area (Å²) < 4.78 is 0.789. The van der Waals surface area contributed by atoms with Crippen LogP contribution >= 0.6 is 15.9 Å². The summed E-state index contributed by atoms with van der Waals surface area (Å²) in [5.74, 6) is -2.59. The monoisotopic (exact) mass is 342 g/mol. The average molecular weight is 343 g/mol. The molecule has 1 amide bonds. The lowest BCUT2D eigenvalue weighted by molar-refractivity contribution is -0.121. The van der Waals surface area contributed by atoms with E-state index >= 15 is 0 Å². The van der Waals surface area contributed by atoms with Crippen molar-refractivity contribution in [3.63, 3.8) is 0 Å². The fourth-order valence-electron chi connectivity index (χ4n) is 2.99. The molecule has 3 atom stereocenters. The second kappa shape index (κ2) is 4.00. The number of Topliss-reactive ketones (excluding diaryl/α,β-unsaturated/α-hetero) is 1. The van der Waals surface area contributed by atoms with Crippen molar-refractivity contribution in [3.8, 4) is 12.1 Å². The summed E-state index contributed by atoms with van der Waals surface area (Å²) in [6.07, 6.45) is 0. The molecule has 2 N–H and O–H groups in total. The van der Waals surface area contributed by atoms with E-state index in [1.54, 1.807) is 30.3 Å². The Labute approximate surface area is 128 Å². The highest BCUT2D eigenvalue weighted by Crippen LogP contribution is 2.72. The summed E-state index contributed by atoms with van der Waals surface area (Å²) in [6.45, 7) is 0. The van der Waals surface area contributed by atoms with Crippen molar-refractivity contribution in [2.75, 3.05) is 0 Å². The van der Waals surface area contributed by atoms with E-state index in [-0.39, 0.29) is 5.84 Å². The van der Waals surface area contributed by atoms with Crippen LogP contribution in [-0.2, 0) is 4.79 Å². The minimum Gasteiger partial charge on any atom is -0.386 e. The third kappa shape index (κ3) is 1.32. The number of ketones is 1. The Morgan fingerprint density at radius 1 is 1.24 bits per heavy atom. The third-order valence-corrected chi connectivity index (χ3v) is 4.64. The number of hydrogen-bond acceptors (Lipinski definition) is 5. The Kier molecular flexibility index (Phi) is 2.56. The normalized spacial score (nSPS) is 32.6. The molecule has 2 aliphatic rings.